The lowest BCUT2D eigenvalue weighted by molar-refractivity contribution is 0.0320. The van der Waals surface area contributed by atoms with Crippen LogP contribution in [0.1, 0.15) is 46.2 Å². The van der Waals surface area contributed by atoms with Gasteiger partial charge in [0.25, 0.3) is 0 Å². The maximum Gasteiger partial charge on any atom is 0.215 e. The number of benzene rings is 2. The van der Waals surface area contributed by atoms with Gasteiger partial charge in [0.2, 0.25) is 5.88 Å². The number of rotatable bonds is 12. The van der Waals surface area contributed by atoms with Crippen molar-refractivity contribution in [1.29, 1.82) is 0 Å². The predicted molar refractivity (Wildman–Crippen MR) is 156 cm³/mol. The quantitative estimate of drug-likeness (QED) is 0.239. The number of nitrogens with zero attached hydrogens (tertiary/aromatic N) is 4. The Hall–Kier alpha value is -3.16. The minimum absolute atomic E-state index is 0.601. The molecule has 200 valence electrons. The Morgan fingerprint density at radius 1 is 1.00 bits per heavy atom. The Bertz CT molecular complexity index is 1090. The molecule has 1 aliphatic rings. The fourth-order valence-electron chi connectivity index (χ4n) is 4.28. The minimum Gasteiger partial charge on any atom is -0.476 e. The van der Waals surface area contributed by atoms with Crippen molar-refractivity contribution in [2.75, 3.05) is 62.9 Å². The zero-order valence-electron chi connectivity index (χ0n) is 22.9. The fraction of sp³-hybridized carbons (Fsp3) is 0.467. The first-order valence-electron chi connectivity index (χ1n) is 13.7. The van der Waals surface area contributed by atoms with Crippen molar-refractivity contribution in [3.8, 4) is 5.88 Å². The molecule has 0 saturated carbocycles. The maximum atomic E-state index is 6.11. The van der Waals surface area contributed by atoms with E-state index in [-0.39, 0.29) is 0 Å². The van der Waals surface area contributed by atoms with Crippen LogP contribution >= 0.6 is 0 Å². The van der Waals surface area contributed by atoms with E-state index in [9.17, 15) is 0 Å². The van der Waals surface area contributed by atoms with E-state index < -0.39 is 0 Å². The molecule has 1 aromatic heterocycles. The minimum atomic E-state index is 0.601. The van der Waals surface area contributed by atoms with E-state index in [0.29, 0.717) is 12.5 Å². The van der Waals surface area contributed by atoms with Crippen LogP contribution < -0.4 is 15.1 Å². The van der Waals surface area contributed by atoms with Crippen molar-refractivity contribution in [3.63, 3.8) is 0 Å². The average Bonchev–Trinajstić information content (AvgIpc) is 2.94. The number of nitrogens with one attached hydrogen (secondary N) is 1. The average molecular weight is 506 g/mol. The molecule has 1 saturated heterocycles. The molecule has 37 heavy (non-hydrogen) atoms. The first kappa shape index (κ1) is 28.4. The highest BCUT2D eigenvalue weighted by Gasteiger charge is 2.12. The molecule has 0 spiro atoms. The van der Waals surface area contributed by atoms with Gasteiger partial charge in [0, 0.05) is 44.5 Å². The standard InChI is InChI=1S/C28H37N5O2.C2H6/c1-3-11-33(12-4-2)27-20-26(30-28(21-27)35-18-15-32-13-16-34-17-14-32)22-29-31-25-10-9-23-7-5-6-8-24(23)19-25;1-2/h5-10,19-22,31H,3-4,11-18H2,1-2H3;1-2H3/b29-22+;. The van der Waals surface area contributed by atoms with E-state index in [4.69, 9.17) is 14.5 Å². The van der Waals surface area contributed by atoms with Gasteiger partial charge in [0.1, 0.15) is 6.61 Å². The molecule has 1 N–H and O–H groups in total. The van der Waals surface area contributed by atoms with Crippen LogP contribution in [-0.4, -0.2) is 68.6 Å². The summed E-state index contributed by atoms with van der Waals surface area (Å²) in [7, 11) is 0. The van der Waals surface area contributed by atoms with Gasteiger partial charge in [-0.25, -0.2) is 4.98 Å². The normalized spacial score (nSPS) is 13.8. The van der Waals surface area contributed by atoms with Crippen LogP contribution in [0.25, 0.3) is 10.8 Å². The highest BCUT2D eigenvalue weighted by molar-refractivity contribution is 5.86. The first-order valence-corrected chi connectivity index (χ1v) is 13.7. The zero-order chi connectivity index (χ0) is 26.3. The second-order valence-electron chi connectivity index (χ2n) is 8.81. The lowest BCUT2D eigenvalue weighted by Crippen LogP contribution is -2.38. The number of aromatic nitrogens is 1. The van der Waals surface area contributed by atoms with Gasteiger partial charge in [-0.05, 0) is 41.8 Å². The van der Waals surface area contributed by atoms with Gasteiger partial charge in [0.15, 0.2) is 0 Å². The number of morpholine rings is 1. The molecule has 2 heterocycles. The smallest absolute Gasteiger partial charge is 0.215 e. The molecule has 0 aliphatic carbocycles. The molecule has 0 radical (unpaired) electrons. The Kier molecular flexibility index (Phi) is 12.2. The van der Waals surface area contributed by atoms with Crippen molar-refractivity contribution in [2.24, 2.45) is 5.10 Å². The molecule has 1 fully saturated rings. The van der Waals surface area contributed by atoms with Gasteiger partial charge in [0.05, 0.1) is 30.8 Å². The number of anilines is 2. The summed E-state index contributed by atoms with van der Waals surface area (Å²) < 4.78 is 11.5. The van der Waals surface area contributed by atoms with E-state index >= 15 is 0 Å². The lowest BCUT2D eigenvalue weighted by Gasteiger charge is -2.26. The number of hydrogen-bond donors (Lipinski definition) is 1. The molecule has 4 rings (SSSR count). The van der Waals surface area contributed by atoms with Crippen LogP contribution in [0.4, 0.5) is 11.4 Å². The molecule has 0 amide bonds. The molecule has 7 nitrogen and oxygen atoms in total. The predicted octanol–water partition coefficient (Wildman–Crippen LogP) is 6.04. The molecule has 0 unspecified atom stereocenters. The first-order chi connectivity index (χ1) is 18.2. The van der Waals surface area contributed by atoms with Crippen molar-refractivity contribution in [2.45, 2.75) is 40.5 Å². The molecule has 0 bridgehead atoms. The summed E-state index contributed by atoms with van der Waals surface area (Å²) in [5.74, 6) is 0.639. The van der Waals surface area contributed by atoms with Gasteiger partial charge in [-0.1, -0.05) is 58.0 Å². The second-order valence-corrected chi connectivity index (χ2v) is 8.81. The number of hydrazone groups is 1. The van der Waals surface area contributed by atoms with Gasteiger partial charge in [-0.3, -0.25) is 10.3 Å². The monoisotopic (exact) mass is 505 g/mol. The molecular formula is C30H43N5O2. The van der Waals surface area contributed by atoms with E-state index in [0.717, 1.165) is 75.8 Å². The third-order valence-electron chi connectivity index (χ3n) is 6.06. The largest absolute Gasteiger partial charge is 0.476 e. The van der Waals surface area contributed by atoms with Crippen LogP contribution in [0.15, 0.2) is 59.7 Å². The van der Waals surface area contributed by atoms with Crippen LogP contribution in [0.2, 0.25) is 0 Å². The maximum absolute atomic E-state index is 6.11. The number of fused-ring (bicyclic) bond motifs is 1. The van der Waals surface area contributed by atoms with Crippen LogP contribution in [0, 0.1) is 0 Å². The molecule has 3 aromatic rings. The van der Waals surface area contributed by atoms with E-state index in [1.165, 1.54) is 10.8 Å². The molecule has 7 heteroatoms. The summed E-state index contributed by atoms with van der Waals surface area (Å²) in [6.07, 6.45) is 3.94. The Morgan fingerprint density at radius 2 is 1.73 bits per heavy atom. The Balaban J connectivity index is 0.00000186. The number of ether oxygens (including phenoxy) is 2. The van der Waals surface area contributed by atoms with Crippen molar-refractivity contribution >= 4 is 28.4 Å². The summed E-state index contributed by atoms with van der Waals surface area (Å²) in [6, 6.07) is 18.7. The van der Waals surface area contributed by atoms with Crippen molar-refractivity contribution in [3.05, 3.63) is 60.3 Å². The summed E-state index contributed by atoms with van der Waals surface area (Å²) >= 11 is 0. The molecule has 2 aromatic carbocycles. The van der Waals surface area contributed by atoms with Crippen LogP contribution in [0.3, 0.4) is 0 Å². The van der Waals surface area contributed by atoms with Gasteiger partial charge >= 0.3 is 0 Å². The van der Waals surface area contributed by atoms with E-state index in [2.05, 4.69) is 70.6 Å². The summed E-state index contributed by atoms with van der Waals surface area (Å²) in [6.45, 7) is 15.4. The summed E-state index contributed by atoms with van der Waals surface area (Å²) in [5.41, 5.74) is 5.98. The third kappa shape index (κ3) is 9.02. The SMILES string of the molecule is CC.CCCN(CCC)c1cc(/C=N/Nc2ccc3ccccc3c2)nc(OCCN2CCOCC2)c1. The Morgan fingerprint density at radius 3 is 2.46 bits per heavy atom. The molecule has 1 aliphatic heterocycles. The van der Waals surface area contributed by atoms with E-state index in [1.54, 1.807) is 6.21 Å². The molecular weight excluding hydrogens is 462 g/mol. The topological polar surface area (TPSA) is 62.2 Å². The molecule has 0 atom stereocenters. The highest BCUT2D eigenvalue weighted by atomic mass is 16.5. The Labute approximate surface area is 222 Å². The summed E-state index contributed by atoms with van der Waals surface area (Å²) in [5, 5.41) is 6.86. The van der Waals surface area contributed by atoms with Crippen molar-refractivity contribution < 1.29 is 9.47 Å². The van der Waals surface area contributed by atoms with Crippen LogP contribution in [-0.2, 0) is 4.74 Å². The number of pyridine rings is 1. The van der Waals surface area contributed by atoms with Gasteiger partial charge in [-0.2, -0.15) is 5.10 Å². The fourth-order valence-corrected chi connectivity index (χ4v) is 4.28. The second kappa shape index (κ2) is 15.8. The number of hydrogen-bond acceptors (Lipinski definition) is 7. The summed E-state index contributed by atoms with van der Waals surface area (Å²) in [4.78, 5) is 9.48. The van der Waals surface area contributed by atoms with Crippen molar-refractivity contribution in [1.82, 2.24) is 9.88 Å². The highest BCUT2D eigenvalue weighted by Crippen LogP contribution is 2.22. The third-order valence-corrected chi connectivity index (χ3v) is 6.06. The van der Waals surface area contributed by atoms with Crippen LogP contribution in [0.5, 0.6) is 5.88 Å². The van der Waals surface area contributed by atoms with Gasteiger partial charge in [-0.15, -0.1) is 0 Å². The lowest BCUT2D eigenvalue weighted by atomic mass is 10.1. The van der Waals surface area contributed by atoms with Gasteiger partial charge < -0.3 is 14.4 Å². The van der Waals surface area contributed by atoms with E-state index in [1.807, 2.05) is 32.0 Å². The zero-order valence-corrected chi connectivity index (χ0v) is 22.9.